The molecule has 0 bridgehead atoms. The third kappa shape index (κ3) is 3.93. The summed E-state index contributed by atoms with van der Waals surface area (Å²) in [5, 5.41) is 7.52. The zero-order chi connectivity index (χ0) is 16.3. The molecule has 0 spiro atoms. The fourth-order valence-electron chi connectivity index (χ4n) is 1.76. The predicted molar refractivity (Wildman–Crippen MR) is 81.6 cm³/mol. The number of nitrogens with zero attached hydrogens (tertiary/aromatic N) is 1. The molecule has 0 saturated carbocycles. The van der Waals surface area contributed by atoms with E-state index in [1.807, 2.05) is 0 Å². The topological polar surface area (TPSA) is 137 Å². The Hall–Kier alpha value is -2.65. The van der Waals surface area contributed by atoms with Gasteiger partial charge >= 0.3 is 0 Å². The summed E-state index contributed by atoms with van der Waals surface area (Å²) < 4.78 is 23.4. The lowest BCUT2D eigenvalue weighted by molar-refractivity contribution is -0.116. The first-order valence-electron chi connectivity index (χ1n) is 6.14. The Balaban J connectivity index is 2.09. The summed E-state index contributed by atoms with van der Waals surface area (Å²) in [5.41, 5.74) is 5.95. The Morgan fingerprint density at radius 2 is 1.77 bits per heavy atom. The second-order valence-corrected chi connectivity index (χ2v) is 6.11. The van der Waals surface area contributed by atoms with Crippen LogP contribution in [0.3, 0.4) is 0 Å². The van der Waals surface area contributed by atoms with Gasteiger partial charge in [0.15, 0.2) is 0 Å². The van der Waals surface area contributed by atoms with Crippen LogP contribution in [-0.4, -0.2) is 18.9 Å². The van der Waals surface area contributed by atoms with E-state index in [4.69, 9.17) is 10.9 Å². The molecule has 0 radical (unpaired) electrons. The van der Waals surface area contributed by atoms with Crippen molar-refractivity contribution in [1.82, 2.24) is 4.57 Å². The van der Waals surface area contributed by atoms with E-state index in [1.54, 1.807) is 0 Å². The summed E-state index contributed by atoms with van der Waals surface area (Å²) in [7, 11) is -3.78. The molecule has 9 heteroatoms. The molecule has 0 fully saturated rings. The third-order valence-corrected chi connectivity index (χ3v) is 3.72. The lowest BCUT2D eigenvalue weighted by atomic mass is 10.3. The zero-order valence-corrected chi connectivity index (χ0v) is 12.2. The number of carbonyl (C=O) groups is 1. The summed E-state index contributed by atoms with van der Waals surface area (Å²) in [6.07, 6.45) is 1.37. The van der Waals surface area contributed by atoms with Gasteiger partial charge in [-0.1, -0.05) is 0 Å². The number of nitrogens with one attached hydrogen (secondary N) is 1. The van der Waals surface area contributed by atoms with E-state index >= 15 is 0 Å². The molecule has 2 rings (SSSR count). The molecule has 2 aromatic rings. The number of aromatic nitrogens is 1. The van der Waals surface area contributed by atoms with Gasteiger partial charge < -0.3 is 15.6 Å². The number of anilines is 2. The number of benzene rings is 1. The van der Waals surface area contributed by atoms with E-state index in [-0.39, 0.29) is 17.0 Å². The second kappa shape index (κ2) is 6.00. The molecule has 1 aromatic heterocycles. The van der Waals surface area contributed by atoms with Gasteiger partial charge in [-0.2, -0.15) is 0 Å². The molecule has 0 aliphatic heterocycles. The van der Waals surface area contributed by atoms with Gasteiger partial charge in [0.1, 0.15) is 6.54 Å². The highest BCUT2D eigenvalue weighted by Crippen LogP contribution is 2.12. The Kier molecular flexibility index (Phi) is 4.29. The first kappa shape index (κ1) is 15.7. The van der Waals surface area contributed by atoms with Crippen LogP contribution in [0.15, 0.2) is 52.3 Å². The van der Waals surface area contributed by atoms with Gasteiger partial charge in [-0.25, -0.2) is 13.6 Å². The largest absolute Gasteiger partial charge is 0.398 e. The minimum Gasteiger partial charge on any atom is -0.398 e. The maximum absolute atomic E-state index is 11.9. The quantitative estimate of drug-likeness (QED) is 0.710. The van der Waals surface area contributed by atoms with Gasteiger partial charge in [-0.15, -0.1) is 0 Å². The number of nitrogens with two attached hydrogens (primary N) is 2. The molecular weight excluding hydrogens is 308 g/mol. The summed E-state index contributed by atoms with van der Waals surface area (Å²) in [5.74, 6) is -0.448. The zero-order valence-electron chi connectivity index (χ0n) is 11.4. The molecule has 0 aliphatic rings. The molecule has 1 aromatic carbocycles. The normalized spacial score (nSPS) is 11.1. The van der Waals surface area contributed by atoms with Crippen LogP contribution in [0.2, 0.25) is 0 Å². The number of carbonyl (C=O) groups excluding carboxylic acids is 1. The van der Waals surface area contributed by atoms with E-state index in [2.05, 4.69) is 5.32 Å². The van der Waals surface area contributed by atoms with Crippen molar-refractivity contribution >= 4 is 27.3 Å². The highest BCUT2D eigenvalue weighted by molar-refractivity contribution is 7.89. The lowest BCUT2D eigenvalue weighted by Crippen LogP contribution is -2.27. The average Bonchev–Trinajstić information content (AvgIpc) is 2.42. The van der Waals surface area contributed by atoms with E-state index in [9.17, 15) is 18.0 Å². The number of hydrogen-bond acceptors (Lipinski definition) is 5. The number of rotatable bonds is 4. The van der Waals surface area contributed by atoms with Gasteiger partial charge in [0.2, 0.25) is 15.9 Å². The van der Waals surface area contributed by atoms with Gasteiger partial charge in [-0.3, -0.25) is 9.59 Å². The SMILES string of the molecule is Nc1ccc(=O)n(CC(=O)Nc2ccc(S(N)(=O)=O)cc2)c1. The summed E-state index contributed by atoms with van der Waals surface area (Å²) >= 11 is 0. The van der Waals surface area contributed by atoms with Crippen molar-refractivity contribution in [1.29, 1.82) is 0 Å². The molecule has 0 unspecified atom stereocenters. The third-order valence-electron chi connectivity index (χ3n) is 2.79. The number of sulfonamides is 1. The van der Waals surface area contributed by atoms with Crippen molar-refractivity contribution in [2.45, 2.75) is 11.4 Å². The molecule has 0 saturated heterocycles. The van der Waals surface area contributed by atoms with Crippen molar-refractivity contribution in [2.75, 3.05) is 11.1 Å². The van der Waals surface area contributed by atoms with E-state index < -0.39 is 15.9 Å². The number of nitrogen functional groups attached to an aromatic ring is 1. The molecule has 8 nitrogen and oxygen atoms in total. The first-order chi connectivity index (χ1) is 10.3. The van der Waals surface area contributed by atoms with Crippen LogP contribution >= 0.6 is 0 Å². The van der Waals surface area contributed by atoms with E-state index in [0.29, 0.717) is 11.4 Å². The van der Waals surface area contributed by atoms with Crippen LogP contribution in [0.4, 0.5) is 11.4 Å². The van der Waals surface area contributed by atoms with Crippen molar-refractivity contribution < 1.29 is 13.2 Å². The standard InChI is InChI=1S/C13H14N4O4S/c14-9-1-6-13(19)17(7-9)8-12(18)16-10-2-4-11(5-3-10)22(15,20)21/h1-7H,8,14H2,(H,16,18)(H2,15,20,21). The molecule has 116 valence electrons. The Morgan fingerprint density at radius 1 is 1.14 bits per heavy atom. The van der Waals surface area contributed by atoms with Gasteiger partial charge in [0, 0.05) is 23.6 Å². The number of primary sulfonamides is 1. The van der Waals surface area contributed by atoms with Crippen LogP contribution in [0.5, 0.6) is 0 Å². The molecule has 22 heavy (non-hydrogen) atoms. The monoisotopic (exact) mass is 322 g/mol. The van der Waals surface area contributed by atoms with Crippen LogP contribution in [0.1, 0.15) is 0 Å². The van der Waals surface area contributed by atoms with Gasteiger partial charge in [0.25, 0.3) is 5.56 Å². The van der Waals surface area contributed by atoms with Crippen molar-refractivity contribution in [3.63, 3.8) is 0 Å². The smallest absolute Gasteiger partial charge is 0.251 e. The minimum absolute atomic E-state index is 0.0578. The number of pyridine rings is 1. The van der Waals surface area contributed by atoms with Crippen LogP contribution in [0, 0.1) is 0 Å². The molecule has 5 N–H and O–H groups in total. The fourth-order valence-corrected chi connectivity index (χ4v) is 2.27. The minimum atomic E-state index is -3.78. The van der Waals surface area contributed by atoms with Crippen LogP contribution < -0.4 is 21.7 Å². The molecule has 0 atom stereocenters. The second-order valence-electron chi connectivity index (χ2n) is 4.55. The Morgan fingerprint density at radius 3 is 2.36 bits per heavy atom. The molecular formula is C13H14N4O4S. The average molecular weight is 322 g/mol. The van der Waals surface area contributed by atoms with Crippen molar-refractivity contribution in [2.24, 2.45) is 5.14 Å². The van der Waals surface area contributed by atoms with Crippen molar-refractivity contribution in [3.05, 3.63) is 52.9 Å². The molecule has 1 amide bonds. The first-order valence-corrected chi connectivity index (χ1v) is 7.69. The van der Waals surface area contributed by atoms with Crippen LogP contribution in [0.25, 0.3) is 0 Å². The van der Waals surface area contributed by atoms with Crippen LogP contribution in [-0.2, 0) is 21.4 Å². The molecule has 0 aliphatic carbocycles. The van der Waals surface area contributed by atoms with Gasteiger partial charge in [-0.05, 0) is 30.3 Å². The van der Waals surface area contributed by atoms with E-state index in [0.717, 1.165) is 0 Å². The fraction of sp³-hybridized carbons (Fsp3) is 0.0769. The number of amides is 1. The Labute approximate surface area is 126 Å². The maximum Gasteiger partial charge on any atom is 0.251 e. The highest BCUT2D eigenvalue weighted by atomic mass is 32.2. The summed E-state index contributed by atoms with van der Waals surface area (Å²) in [6.45, 7) is -0.208. The highest BCUT2D eigenvalue weighted by Gasteiger charge is 2.09. The predicted octanol–water partition coefficient (Wildman–Crippen LogP) is -0.283. The summed E-state index contributed by atoms with van der Waals surface area (Å²) in [4.78, 5) is 23.4. The van der Waals surface area contributed by atoms with Crippen molar-refractivity contribution in [3.8, 4) is 0 Å². The lowest BCUT2D eigenvalue weighted by Gasteiger charge is -2.08. The maximum atomic E-state index is 11.9. The molecule has 1 heterocycles. The van der Waals surface area contributed by atoms with Gasteiger partial charge in [0.05, 0.1) is 4.90 Å². The van der Waals surface area contributed by atoms with E-state index in [1.165, 1.54) is 47.2 Å². The Bertz CT molecular complexity index is 856. The summed E-state index contributed by atoms with van der Waals surface area (Å²) in [6, 6.07) is 8.07. The number of hydrogen-bond donors (Lipinski definition) is 3.